The van der Waals surface area contributed by atoms with Gasteiger partial charge in [0.15, 0.2) is 10.8 Å². The van der Waals surface area contributed by atoms with Gasteiger partial charge in [-0.3, -0.25) is 19.4 Å². The van der Waals surface area contributed by atoms with Gasteiger partial charge in [0.1, 0.15) is 26.2 Å². The zero-order chi connectivity index (χ0) is 28.3. The van der Waals surface area contributed by atoms with Gasteiger partial charge in [-0.1, -0.05) is 28.1 Å². The number of thiazole rings is 1. The summed E-state index contributed by atoms with van der Waals surface area (Å²) in [5.41, 5.74) is 11.6. The first-order valence-corrected chi connectivity index (χ1v) is 15.5. The zero-order valence-corrected chi connectivity index (χ0v) is 24.0. The number of anilines is 1. The number of nitrogens with one attached hydrogen (secondary N) is 1. The first-order valence-electron chi connectivity index (χ1n) is 11.3. The van der Waals surface area contributed by atoms with Crippen molar-refractivity contribution in [3.8, 4) is 0 Å². The SMILES string of the molecule is Nc1nc(C(=NO)C(=O)N[C@@H]2C(=O)N3CC(Sc4ccncc4CSCC(N)CO)(C(=O)O)CS[C@H]23)c(Cl)s1. The number of nitrogens with two attached hydrogens (primary N) is 2. The van der Waals surface area contributed by atoms with Crippen LogP contribution in [0.4, 0.5) is 5.13 Å². The van der Waals surface area contributed by atoms with Crippen molar-refractivity contribution >= 4 is 86.9 Å². The Bertz CT molecular complexity index is 1300. The molecule has 2 fully saturated rings. The summed E-state index contributed by atoms with van der Waals surface area (Å²) in [5.74, 6) is -1.19. The summed E-state index contributed by atoms with van der Waals surface area (Å²) in [7, 11) is 0. The van der Waals surface area contributed by atoms with E-state index in [1.165, 1.54) is 28.4 Å². The van der Waals surface area contributed by atoms with Gasteiger partial charge in [0.25, 0.3) is 5.91 Å². The molecule has 0 saturated carbocycles. The molecule has 2 aromatic heterocycles. The number of rotatable bonds is 11. The summed E-state index contributed by atoms with van der Waals surface area (Å²) in [5, 5.41) is 33.8. The van der Waals surface area contributed by atoms with E-state index in [9.17, 15) is 24.7 Å². The highest BCUT2D eigenvalue weighted by molar-refractivity contribution is 8.05. The highest BCUT2D eigenvalue weighted by Crippen LogP contribution is 2.47. The summed E-state index contributed by atoms with van der Waals surface area (Å²) in [6, 6.07) is 0.428. The van der Waals surface area contributed by atoms with Gasteiger partial charge in [-0.15, -0.1) is 23.5 Å². The number of oxime groups is 1. The average molecular weight is 634 g/mol. The van der Waals surface area contributed by atoms with Crippen LogP contribution in [-0.2, 0) is 20.1 Å². The van der Waals surface area contributed by atoms with Crippen LogP contribution in [0.1, 0.15) is 11.3 Å². The van der Waals surface area contributed by atoms with Crippen molar-refractivity contribution in [1.82, 2.24) is 20.2 Å². The number of thioether (sulfide) groups is 3. The topological polar surface area (TPSA) is 217 Å². The number of aromatic nitrogens is 2. The van der Waals surface area contributed by atoms with Crippen molar-refractivity contribution in [2.45, 2.75) is 32.9 Å². The Morgan fingerprint density at radius 3 is 2.85 bits per heavy atom. The maximum atomic E-state index is 13.0. The smallest absolute Gasteiger partial charge is 0.322 e. The first-order chi connectivity index (χ1) is 18.6. The average Bonchev–Trinajstić information content (AvgIpc) is 3.25. The van der Waals surface area contributed by atoms with E-state index in [1.807, 2.05) is 0 Å². The number of aliphatic hydroxyl groups is 1. The molecule has 0 aliphatic carbocycles. The van der Waals surface area contributed by atoms with Crippen LogP contribution in [0, 0.1) is 0 Å². The van der Waals surface area contributed by atoms with E-state index in [0.29, 0.717) is 11.5 Å². The highest BCUT2D eigenvalue weighted by Gasteiger charge is 2.58. The van der Waals surface area contributed by atoms with Gasteiger partial charge in [-0.05, 0) is 11.6 Å². The van der Waals surface area contributed by atoms with Crippen LogP contribution in [0.2, 0.25) is 4.34 Å². The first kappa shape index (κ1) is 29.7. The third kappa shape index (κ3) is 6.23. The number of β-lactam (4-membered cyclic amide) rings is 1. The monoisotopic (exact) mass is 633 g/mol. The molecular weight excluding hydrogens is 610 g/mol. The largest absolute Gasteiger partial charge is 0.480 e. The molecule has 0 radical (unpaired) electrons. The van der Waals surface area contributed by atoms with Crippen molar-refractivity contribution in [3.05, 3.63) is 34.1 Å². The molecule has 0 bridgehead atoms. The minimum absolute atomic E-state index is 0.0532. The van der Waals surface area contributed by atoms with Crippen LogP contribution in [-0.4, -0.2) is 101 Å². The lowest BCUT2D eigenvalue weighted by Crippen LogP contribution is -2.74. The van der Waals surface area contributed by atoms with E-state index in [0.717, 1.165) is 33.6 Å². The van der Waals surface area contributed by atoms with Crippen LogP contribution < -0.4 is 16.8 Å². The van der Waals surface area contributed by atoms with Gasteiger partial charge in [-0.2, -0.15) is 11.8 Å². The van der Waals surface area contributed by atoms with Crippen molar-refractivity contribution in [1.29, 1.82) is 0 Å². The van der Waals surface area contributed by atoms with Gasteiger partial charge in [-0.25, -0.2) is 4.98 Å². The van der Waals surface area contributed by atoms with Crippen molar-refractivity contribution in [2.24, 2.45) is 10.9 Å². The molecular formula is C21H24ClN7O6S4. The third-order valence-corrected chi connectivity index (χ3v) is 11.3. The van der Waals surface area contributed by atoms with Gasteiger partial charge < -0.3 is 37.1 Å². The molecule has 0 aromatic carbocycles. The molecule has 18 heteroatoms. The van der Waals surface area contributed by atoms with Crippen LogP contribution in [0.15, 0.2) is 28.5 Å². The minimum atomic E-state index is -1.34. The number of amides is 2. The lowest BCUT2D eigenvalue weighted by Gasteiger charge is -2.53. The lowest BCUT2D eigenvalue weighted by atomic mass is 10.0. The molecule has 0 spiro atoms. The van der Waals surface area contributed by atoms with Gasteiger partial charge in [0.2, 0.25) is 5.91 Å². The predicted molar refractivity (Wildman–Crippen MR) is 151 cm³/mol. The van der Waals surface area contributed by atoms with E-state index in [4.69, 9.17) is 28.2 Å². The third-order valence-electron chi connectivity index (χ3n) is 5.86. The zero-order valence-electron chi connectivity index (χ0n) is 20.0. The Kier molecular flexibility index (Phi) is 9.51. The number of nitrogen functional groups attached to an aromatic ring is 1. The van der Waals surface area contributed by atoms with Crippen LogP contribution in [0.3, 0.4) is 0 Å². The number of hydrogen-bond acceptors (Lipinski definition) is 14. The number of carbonyl (C=O) groups is 3. The maximum absolute atomic E-state index is 13.0. The molecule has 4 rings (SSSR count). The Hall–Kier alpha value is -2.28. The molecule has 2 amide bonds. The van der Waals surface area contributed by atoms with Crippen molar-refractivity contribution in [3.63, 3.8) is 0 Å². The van der Waals surface area contributed by atoms with E-state index < -0.39 is 39.7 Å². The number of carbonyl (C=O) groups excluding carboxylic acids is 2. The number of carboxylic acid groups (broad SMARTS) is 1. The Labute approximate surface area is 244 Å². The van der Waals surface area contributed by atoms with Crippen molar-refractivity contribution < 1.29 is 29.8 Å². The van der Waals surface area contributed by atoms with Crippen LogP contribution in [0.5, 0.6) is 0 Å². The maximum Gasteiger partial charge on any atom is 0.322 e. The minimum Gasteiger partial charge on any atom is -0.480 e. The van der Waals surface area contributed by atoms with E-state index in [-0.39, 0.29) is 40.1 Å². The highest BCUT2D eigenvalue weighted by atomic mass is 35.5. The second kappa shape index (κ2) is 12.5. The van der Waals surface area contributed by atoms with Gasteiger partial charge in [0, 0.05) is 47.1 Å². The number of aliphatic hydroxyl groups excluding tert-OH is 1. The Balaban J connectivity index is 1.44. The summed E-state index contributed by atoms with van der Waals surface area (Å²) < 4.78 is -1.28. The van der Waals surface area contributed by atoms with E-state index >= 15 is 0 Å². The second-order valence-electron chi connectivity index (χ2n) is 8.58. The number of hydrogen-bond donors (Lipinski definition) is 6. The quantitative estimate of drug-likeness (QED) is 0.0861. The molecule has 2 aromatic rings. The molecule has 2 aliphatic heterocycles. The summed E-state index contributed by atoms with van der Waals surface area (Å²) in [6.45, 7) is -0.204. The van der Waals surface area contributed by atoms with Gasteiger partial charge >= 0.3 is 5.97 Å². The molecule has 4 heterocycles. The molecule has 2 saturated heterocycles. The van der Waals surface area contributed by atoms with Crippen LogP contribution in [0.25, 0.3) is 0 Å². The number of nitrogens with zero attached hydrogens (tertiary/aromatic N) is 4. The standard InChI is InChI=1S/C21H24ClN7O6S4/c22-15-12(27-20(24)38-15)13(28-35)16(31)26-14-17(32)29-7-21(19(33)34,8-37-18(14)29)39-11-1-2-25-3-9(11)5-36-6-10(23)4-30/h1-3,10,14,18,30,35H,4-8,23H2,(H2,24,27)(H,26,31)(H,33,34)/t10?,14-,18-,21?/m1/s1. The number of pyridine rings is 1. The second-order valence-corrected chi connectivity index (χ2v) is 13.8. The van der Waals surface area contributed by atoms with Gasteiger partial charge in [0.05, 0.1) is 6.61 Å². The van der Waals surface area contributed by atoms with E-state index in [1.54, 1.807) is 18.5 Å². The molecule has 39 heavy (non-hydrogen) atoms. The number of fused-ring (bicyclic) bond motifs is 1. The lowest BCUT2D eigenvalue weighted by molar-refractivity contribution is -0.151. The molecule has 13 nitrogen and oxygen atoms in total. The summed E-state index contributed by atoms with van der Waals surface area (Å²) in [4.78, 5) is 48.5. The van der Waals surface area contributed by atoms with E-state index in [2.05, 4.69) is 20.4 Å². The fraction of sp³-hybridized carbons (Fsp3) is 0.429. The summed E-state index contributed by atoms with van der Waals surface area (Å²) in [6.07, 6.45) is 3.24. The molecule has 2 aliphatic rings. The molecule has 8 N–H and O–H groups in total. The Morgan fingerprint density at radius 2 is 2.21 bits per heavy atom. The normalized spacial score (nSPS) is 23.6. The Morgan fingerprint density at radius 1 is 1.44 bits per heavy atom. The predicted octanol–water partition coefficient (Wildman–Crippen LogP) is 0.520. The summed E-state index contributed by atoms with van der Waals surface area (Å²) >= 11 is 10.8. The van der Waals surface area contributed by atoms with Crippen molar-refractivity contribution in [2.75, 3.05) is 30.4 Å². The molecule has 4 atom stereocenters. The molecule has 210 valence electrons. The molecule has 2 unspecified atom stereocenters. The van der Waals surface area contributed by atoms with Crippen LogP contribution >= 0.6 is 58.2 Å². The number of halogens is 1. The number of aliphatic carboxylic acids is 1. The fourth-order valence-corrected chi connectivity index (χ4v) is 8.79. The number of carboxylic acids is 1. The fourth-order valence-electron chi connectivity index (χ4n) is 3.87.